The molecule has 0 saturated carbocycles. The average Bonchev–Trinajstić information content (AvgIpc) is 2.39. The fraction of sp³-hybridized carbons (Fsp3) is 0.917. The van der Waals surface area contributed by atoms with E-state index in [9.17, 15) is 0 Å². The summed E-state index contributed by atoms with van der Waals surface area (Å²) < 4.78 is 0. The molecule has 2 N–H and O–H groups in total. The van der Waals surface area contributed by atoms with Crippen molar-refractivity contribution in [2.45, 2.75) is 19.9 Å². The quantitative estimate of drug-likeness (QED) is 0.440. The van der Waals surface area contributed by atoms with Crippen molar-refractivity contribution in [1.82, 2.24) is 14.7 Å². The summed E-state index contributed by atoms with van der Waals surface area (Å²) in [6.45, 7) is 13.0. The van der Waals surface area contributed by atoms with Gasteiger partial charge in [0, 0.05) is 51.9 Å². The van der Waals surface area contributed by atoms with E-state index in [1.807, 2.05) is 0 Å². The number of piperazine rings is 3. The number of rotatable bonds is 4. The molecule has 106 valence electrons. The van der Waals surface area contributed by atoms with Gasteiger partial charge in [0.05, 0.1) is 6.54 Å². The Morgan fingerprint density at radius 3 is 2.28 bits per heavy atom. The van der Waals surface area contributed by atoms with Crippen molar-refractivity contribution in [2.24, 2.45) is 10.7 Å². The monoisotopic (exact) mass is 367 g/mol. The number of halogens is 1. The zero-order valence-corrected chi connectivity index (χ0v) is 13.8. The number of aliphatic imine (C=N–C) groups is 1. The van der Waals surface area contributed by atoms with E-state index in [1.165, 1.54) is 26.2 Å². The highest BCUT2D eigenvalue weighted by Crippen LogP contribution is 2.15. The van der Waals surface area contributed by atoms with Crippen molar-refractivity contribution in [3.8, 4) is 0 Å². The van der Waals surface area contributed by atoms with Gasteiger partial charge in [0.1, 0.15) is 0 Å². The summed E-state index contributed by atoms with van der Waals surface area (Å²) in [7, 11) is 0. The van der Waals surface area contributed by atoms with Gasteiger partial charge in [-0.3, -0.25) is 14.8 Å². The molecule has 0 aromatic heterocycles. The summed E-state index contributed by atoms with van der Waals surface area (Å²) in [6.07, 6.45) is 0. The summed E-state index contributed by atoms with van der Waals surface area (Å²) >= 11 is 0. The first kappa shape index (κ1) is 16.0. The highest BCUT2D eigenvalue weighted by atomic mass is 127. The van der Waals surface area contributed by atoms with Gasteiger partial charge in [0.25, 0.3) is 0 Å². The smallest absolute Gasteiger partial charge is 0.191 e. The van der Waals surface area contributed by atoms with E-state index in [4.69, 9.17) is 5.73 Å². The van der Waals surface area contributed by atoms with Crippen molar-refractivity contribution < 1.29 is 0 Å². The molecular formula is C12H26IN5. The maximum atomic E-state index is 6.00. The van der Waals surface area contributed by atoms with Crippen molar-refractivity contribution in [3.63, 3.8) is 0 Å². The molecule has 0 radical (unpaired) electrons. The van der Waals surface area contributed by atoms with Crippen LogP contribution in [-0.2, 0) is 0 Å². The molecule has 2 bridgehead atoms. The highest BCUT2D eigenvalue weighted by Gasteiger charge is 2.31. The second-order valence-electron chi connectivity index (χ2n) is 4.86. The molecule has 3 aliphatic rings. The molecule has 0 amide bonds. The summed E-state index contributed by atoms with van der Waals surface area (Å²) in [5.41, 5.74) is 6.00. The van der Waals surface area contributed by atoms with E-state index in [2.05, 4.69) is 33.5 Å². The normalized spacial score (nSPS) is 31.0. The summed E-state index contributed by atoms with van der Waals surface area (Å²) in [5.74, 6) is 0.702. The fourth-order valence-corrected chi connectivity index (χ4v) is 2.74. The summed E-state index contributed by atoms with van der Waals surface area (Å²) in [5, 5.41) is 0. The lowest BCUT2D eigenvalue weighted by molar-refractivity contribution is 0.0173. The van der Waals surface area contributed by atoms with E-state index in [-0.39, 0.29) is 24.0 Å². The Hall–Kier alpha value is -0.0800. The first-order valence-corrected chi connectivity index (χ1v) is 6.75. The van der Waals surface area contributed by atoms with Crippen LogP contribution in [0.15, 0.2) is 4.99 Å². The van der Waals surface area contributed by atoms with E-state index in [0.29, 0.717) is 12.0 Å². The summed E-state index contributed by atoms with van der Waals surface area (Å²) in [6, 6.07) is 0.576. The van der Waals surface area contributed by atoms with Crippen molar-refractivity contribution in [2.75, 3.05) is 52.4 Å². The Balaban J connectivity index is 0.00000162. The lowest BCUT2D eigenvalue weighted by Crippen LogP contribution is -2.61. The second-order valence-corrected chi connectivity index (χ2v) is 4.86. The third-order valence-electron chi connectivity index (χ3n) is 3.94. The maximum absolute atomic E-state index is 6.00. The van der Waals surface area contributed by atoms with Crippen LogP contribution in [0.5, 0.6) is 0 Å². The van der Waals surface area contributed by atoms with Crippen LogP contribution in [-0.4, -0.2) is 79.1 Å². The Morgan fingerprint density at radius 2 is 1.83 bits per heavy atom. The molecule has 3 saturated heterocycles. The molecule has 1 unspecified atom stereocenters. The first-order valence-electron chi connectivity index (χ1n) is 6.75. The molecule has 3 rings (SSSR count). The predicted octanol–water partition coefficient (Wildman–Crippen LogP) is 0.261. The van der Waals surface area contributed by atoms with Crippen LogP contribution in [0, 0.1) is 0 Å². The van der Waals surface area contributed by atoms with E-state index < -0.39 is 0 Å². The maximum Gasteiger partial charge on any atom is 0.191 e. The molecule has 6 heteroatoms. The number of guanidine groups is 1. The lowest BCUT2D eigenvalue weighted by atomic mass is 10.1. The van der Waals surface area contributed by atoms with Crippen molar-refractivity contribution >= 4 is 29.9 Å². The Morgan fingerprint density at radius 1 is 1.22 bits per heavy atom. The Bertz CT molecular complexity index is 272. The molecule has 1 atom stereocenters. The van der Waals surface area contributed by atoms with Gasteiger partial charge in [-0.05, 0) is 13.8 Å². The Labute approximate surface area is 127 Å². The van der Waals surface area contributed by atoms with Gasteiger partial charge in [0.15, 0.2) is 5.96 Å². The third kappa shape index (κ3) is 3.71. The van der Waals surface area contributed by atoms with E-state index >= 15 is 0 Å². The molecule has 18 heavy (non-hydrogen) atoms. The molecule has 0 aromatic rings. The average molecular weight is 367 g/mol. The van der Waals surface area contributed by atoms with Crippen LogP contribution < -0.4 is 5.73 Å². The minimum atomic E-state index is 0. The van der Waals surface area contributed by atoms with Crippen molar-refractivity contribution in [3.05, 3.63) is 0 Å². The minimum absolute atomic E-state index is 0. The SMILES string of the molecule is CCN(CC)C(N)=NCC1CN2CCN1CC2.I. The number of fused-ring (bicyclic) bond motifs is 3. The zero-order chi connectivity index (χ0) is 12.3. The number of nitrogens with two attached hydrogens (primary N) is 1. The molecule has 0 spiro atoms. The minimum Gasteiger partial charge on any atom is -0.370 e. The van der Waals surface area contributed by atoms with Crippen molar-refractivity contribution in [1.29, 1.82) is 0 Å². The first-order chi connectivity index (χ1) is 8.24. The molecule has 3 fully saturated rings. The van der Waals surface area contributed by atoms with E-state index in [1.54, 1.807) is 0 Å². The van der Waals surface area contributed by atoms with Gasteiger partial charge < -0.3 is 10.6 Å². The van der Waals surface area contributed by atoms with Gasteiger partial charge in [0.2, 0.25) is 0 Å². The third-order valence-corrected chi connectivity index (χ3v) is 3.94. The molecule has 5 nitrogen and oxygen atoms in total. The van der Waals surface area contributed by atoms with Crippen LogP contribution in [0.2, 0.25) is 0 Å². The van der Waals surface area contributed by atoms with Gasteiger partial charge in [-0.2, -0.15) is 0 Å². The topological polar surface area (TPSA) is 48.1 Å². The van der Waals surface area contributed by atoms with Gasteiger partial charge in [-0.1, -0.05) is 0 Å². The molecule has 0 aliphatic carbocycles. The van der Waals surface area contributed by atoms with Gasteiger partial charge in [-0.25, -0.2) is 0 Å². The van der Waals surface area contributed by atoms with Crippen LogP contribution in [0.4, 0.5) is 0 Å². The highest BCUT2D eigenvalue weighted by molar-refractivity contribution is 14.0. The number of hydrogen-bond donors (Lipinski definition) is 1. The lowest BCUT2D eigenvalue weighted by Gasteiger charge is -2.47. The number of nitrogens with zero attached hydrogens (tertiary/aromatic N) is 4. The Kier molecular flexibility index (Phi) is 6.65. The summed E-state index contributed by atoms with van der Waals surface area (Å²) in [4.78, 5) is 11.8. The number of hydrogen-bond acceptors (Lipinski definition) is 3. The molecule has 3 heterocycles. The molecular weight excluding hydrogens is 341 g/mol. The largest absolute Gasteiger partial charge is 0.370 e. The standard InChI is InChI=1S/C12H25N5.HI/c1-3-16(4-2)12(13)14-9-11-10-15-5-7-17(11)8-6-15;/h11H,3-10H2,1-2H3,(H2,13,14);1H. The van der Waals surface area contributed by atoms with Gasteiger partial charge >= 0.3 is 0 Å². The van der Waals surface area contributed by atoms with Gasteiger partial charge in [-0.15, -0.1) is 24.0 Å². The zero-order valence-electron chi connectivity index (χ0n) is 11.5. The van der Waals surface area contributed by atoms with Crippen LogP contribution >= 0.6 is 24.0 Å². The molecule has 3 aliphatic heterocycles. The molecule has 0 aromatic carbocycles. The van der Waals surface area contributed by atoms with Crippen LogP contribution in [0.1, 0.15) is 13.8 Å². The predicted molar refractivity (Wildman–Crippen MR) is 86.6 cm³/mol. The van der Waals surface area contributed by atoms with E-state index in [0.717, 1.165) is 26.2 Å². The second kappa shape index (κ2) is 7.49. The fourth-order valence-electron chi connectivity index (χ4n) is 2.74. The van der Waals surface area contributed by atoms with Crippen LogP contribution in [0.25, 0.3) is 0 Å². The van der Waals surface area contributed by atoms with Crippen LogP contribution in [0.3, 0.4) is 0 Å².